The minimum absolute atomic E-state index is 0.0390. The van der Waals surface area contributed by atoms with E-state index in [1.54, 1.807) is 0 Å². The highest BCUT2D eigenvalue weighted by Crippen LogP contribution is 2.33. The molecule has 0 aromatic carbocycles. The Morgan fingerprint density at radius 2 is 1.96 bits per heavy atom. The summed E-state index contributed by atoms with van der Waals surface area (Å²) < 4.78 is 5.41. The number of hydrogen-bond donors (Lipinski definition) is 3. The van der Waals surface area contributed by atoms with Crippen LogP contribution in [0.2, 0.25) is 0 Å². The molecule has 0 radical (unpaired) electrons. The average molecular weight is 400 g/mol. The summed E-state index contributed by atoms with van der Waals surface area (Å²) in [6.07, 6.45) is 3.78. The highest BCUT2D eigenvalue weighted by molar-refractivity contribution is 8.00. The molecule has 2 saturated heterocycles. The first-order valence-electron chi connectivity index (χ1n) is 9.84. The van der Waals surface area contributed by atoms with Crippen LogP contribution in [0.15, 0.2) is 0 Å². The number of rotatable bonds is 11. The van der Waals surface area contributed by atoms with Crippen molar-refractivity contribution in [2.45, 2.75) is 70.2 Å². The van der Waals surface area contributed by atoms with Crippen molar-refractivity contribution >= 4 is 29.5 Å². The van der Waals surface area contributed by atoms with Gasteiger partial charge in [-0.05, 0) is 12.8 Å². The van der Waals surface area contributed by atoms with E-state index in [1.165, 1.54) is 0 Å². The molecule has 0 bridgehead atoms. The van der Waals surface area contributed by atoms with Crippen molar-refractivity contribution in [3.05, 3.63) is 0 Å². The van der Waals surface area contributed by atoms with Gasteiger partial charge in [0.2, 0.25) is 5.91 Å². The Morgan fingerprint density at radius 3 is 2.70 bits per heavy atom. The summed E-state index contributed by atoms with van der Waals surface area (Å²) in [7, 11) is 0. The first-order chi connectivity index (χ1) is 12.8. The number of hydrogen-bond acceptors (Lipinski definition) is 5. The fraction of sp³-hybridized carbons (Fsp3) is 0.842. The standard InChI is InChI=1S/C19H33N3O4S/c1-19(2,3)15(23)8-10-26-11-9-20-16(24)7-5-4-6-14-17-13(12-27-14)21-18(25)22-17/h13-14,17H,4-12H2,1-3H3,(H,20,24)(H2,21,22,25)/t13-,14-,17-/m0/s1. The zero-order valence-corrected chi connectivity index (χ0v) is 17.5. The van der Waals surface area contributed by atoms with Crippen LogP contribution < -0.4 is 16.0 Å². The molecule has 0 aromatic rings. The van der Waals surface area contributed by atoms with Crippen molar-refractivity contribution in [3.63, 3.8) is 0 Å². The van der Waals surface area contributed by atoms with E-state index in [0.29, 0.717) is 37.9 Å². The molecule has 3 atom stereocenters. The topological polar surface area (TPSA) is 96.5 Å². The zero-order chi connectivity index (χ0) is 19.9. The molecule has 0 unspecified atom stereocenters. The molecule has 2 aliphatic rings. The molecule has 3 N–H and O–H groups in total. The van der Waals surface area contributed by atoms with Crippen LogP contribution in [-0.4, -0.2) is 60.6 Å². The molecule has 154 valence electrons. The van der Waals surface area contributed by atoms with Gasteiger partial charge in [-0.3, -0.25) is 9.59 Å². The second-order valence-electron chi connectivity index (χ2n) is 8.25. The molecule has 27 heavy (non-hydrogen) atoms. The Balaban J connectivity index is 1.44. The lowest BCUT2D eigenvalue weighted by Crippen LogP contribution is -2.36. The van der Waals surface area contributed by atoms with E-state index in [-0.39, 0.29) is 35.2 Å². The predicted molar refractivity (Wildman–Crippen MR) is 107 cm³/mol. The van der Waals surface area contributed by atoms with Gasteiger partial charge in [-0.1, -0.05) is 27.2 Å². The van der Waals surface area contributed by atoms with Crippen molar-refractivity contribution in [2.24, 2.45) is 5.41 Å². The van der Waals surface area contributed by atoms with Gasteiger partial charge in [0.05, 0.1) is 25.3 Å². The number of fused-ring (bicyclic) bond motifs is 1. The number of thioether (sulfide) groups is 1. The molecule has 0 spiro atoms. The van der Waals surface area contributed by atoms with E-state index in [4.69, 9.17) is 4.74 Å². The molecule has 2 rings (SSSR count). The van der Waals surface area contributed by atoms with E-state index in [1.807, 2.05) is 32.5 Å². The quantitative estimate of drug-likeness (QED) is 0.364. The number of ether oxygens (including phenoxy) is 1. The summed E-state index contributed by atoms with van der Waals surface area (Å²) in [6, 6.07) is 0.438. The number of Topliss-reactive ketones (excluding diaryl/α,β-unsaturated/α-hetero) is 1. The third-order valence-corrected chi connectivity index (χ3v) is 6.47. The monoisotopic (exact) mass is 399 g/mol. The number of carbonyl (C=O) groups is 3. The summed E-state index contributed by atoms with van der Waals surface area (Å²) in [5, 5.41) is 9.23. The van der Waals surface area contributed by atoms with Crippen molar-refractivity contribution < 1.29 is 19.1 Å². The van der Waals surface area contributed by atoms with E-state index in [9.17, 15) is 14.4 Å². The maximum absolute atomic E-state index is 11.8. The Labute approximate surface area is 166 Å². The lowest BCUT2D eigenvalue weighted by Gasteiger charge is -2.16. The number of urea groups is 1. The van der Waals surface area contributed by atoms with Gasteiger partial charge in [0.15, 0.2) is 0 Å². The second kappa shape index (κ2) is 10.3. The molecule has 7 nitrogen and oxygen atoms in total. The minimum atomic E-state index is -0.324. The Hall–Kier alpha value is -1.28. The van der Waals surface area contributed by atoms with Gasteiger partial charge >= 0.3 is 6.03 Å². The van der Waals surface area contributed by atoms with Crippen molar-refractivity contribution in [1.82, 2.24) is 16.0 Å². The largest absolute Gasteiger partial charge is 0.379 e. The molecule has 2 heterocycles. The summed E-state index contributed by atoms with van der Waals surface area (Å²) in [6.45, 7) is 7.01. The lowest BCUT2D eigenvalue weighted by molar-refractivity contribution is -0.127. The van der Waals surface area contributed by atoms with E-state index in [0.717, 1.165) is 25.0 Å². The highest BCUT2D eigenvalue weighted by Gasteiger charge is 2.42. The zero-order valence-electron chi connectivity index (χ0n) is 16.6. The summed E-state index contributed by atoms with van der Waals surface area (Å²) in [5.41, 5.74) is -0.324. The molecular weight excluding hydrogens is 366 g/mol. The molecule has 8 heteroatoms. The van der Waals surface area contributed by atoms with Crippen molar-refractivity contribution in [3.8, 4) is 0 Å². The molecular formula is C19H33N3O4S. The van der Waals surface area contributed by atoms with E-state index >= 15 is 0 Å². The van der Waals surface area contributed by atoms with Crippen LogP contribution in [0, 0.1) is 5.41 Å². The second-order valence-corrected chi connectivity index (χ2v) is 9.53. The minimum Gasteiger partial charge on any atom is -0.379 e. The van der Waals surface area contributed by atoms with Crippen LogP contribution in [0.3, 0.4) is 0 Å². The van der Waals surface area contributed by atoms with Crippen LogP contribution in [0.1, 0.15) is 52.9 Å². The SMILES string of the molecule is CC(C)(C)C(=O)CCOCCNC(=O)CCCC[C@@H]1SC[C@@H]2NC(=O)N[C@@H]21. The van der Waals surface area contributed by atoms with Crippen LogP contribution in [0.5, 0.6) is 0 Å². The van der Waals surface area contributed by atoms with Gasteiger partial charge < -0.3 is 20.7 Å². The third kappa shape index (κ3) is 7.33. The van der Waals surface area contributed by atoms with Crippen LogP contribution >= 0.6 is 11.8 Å². The van der Waals surface area contributed by atoms with Crippen LogP contribution in [0.4, 0.5) is 4.79 Å². The number of amides is 3. The Bertz CT molecular complexity index is 536. The van der Waals surface area contributed by atoms with Gasteiger partial charge in [-0.2, -0.15) is 11.8 Å². The molecule has 3 amide bonds. The first-order valence-corrected chi connectivity index (χ1v) is 10.9. The molecule has 0 aromatic heterocycles. The molecule has 0 aliphatic carbocycles. The van der Waals surface area contributed by atoms with Crippen LogP contribution in [0.25, 0.3) is 0 Å². The normalized spacial score (nSPS) is 24.3. The van der Waals surface area contributed by atoms with Gasteiger partial charge in [0.1, 0.15) is 5.78 Å². The average Bonchev–Trinajstić information content (AvgIpc) is 3.13. The third-order valence-electron chi connectivity index (χ3n) is 4.96. The van der Waals surface area contributed by atoms with Crippen molar-refractivity contribution in [1.29, 1.82) is 0 Å². The molecule has 0 saturated carbocycles. The lowest BCUT2D eigenvalue weighted by atomic mass is 9.89. The van der Waals surface area contributed by atoms with E-state index in [2.05, 4.69) is 16.0 Å². The van der Waals surface area contributed by atoms with Crippen molar-refractivity contribution in [2.75, 3.05) is 25.5 Å². The fourth-order valence-electron chi connectivity index (χ4n) is 3.27. The van der Waals surface area contributed by atoms with Crippen LogP contribution in [-0.2, 0) is 14.3 Å². The van der Waals surface area contributed by atoms with Gasteiger partial charge in [-0.25, -0.2) is 4.79 Å². The maximum atomic E-state index is 11.8. The maximum Gasteiger partial charge on any atom is 0.315 e. The predicted octanol–water partition coefficient (Wildman–Crippen LogP) is 1.85. The molecule has 2 fully saturated rings. The Morgan fingerprint density at radius 1 is 1.19 bits per heavy atom. The smallest absolute Gasteiger partial charge is 0.315 e. The van der Waals surface area contributed by atoms with Gasteiger partial charge in [0, 0.05) is 35.8 Å². The van der Waals surface area contributed by atoms with Gasteiger partial charge in [-0.15, -0.1) is 0 Å². The Kier molecular flexibility index (Phi) is 8.41. The summed E-state index contributed by atoms with van der Waals surface area (Å²) in [5.74, 6) is 1.19. The van der Waals surface area contributed by atoms with Gasteiger partial charge in [0.25, 0.3) is 0 Å². The fourth-order valence-corrected chi connectivity index (χ4v) is 4.81. The number of unbranched alkanes of at least 4 members (excludes halogenated alkanes) is 1. The number of ketones is 1. The van der Waals surface area contributed by atoms with E-state index < -0.39 is 0 Å². The summed E-state index contributed by atoms with van der Waals surface area (Å²) >= 11 is 1.90. The number of nitrogens with one attached hydrogen (secondary N) is 3. The number of carbonyl (C=O) groups excluding carboxylic acids is 3. The highest BCUT2D eigenvalue weighted by atomic mass is 32.2. The first kappa shape index (κ1) is 22.0. The summed E-state index contributed by atoms with van der Waals surface area (Å²) in [4.78, 5) is 34.9. The molecule has 2 aliphatic heterocycles.